The van der Waals surface area contributed by atoms with Gasteiger partial charge in [-0.2, -0.15) is 0 Å². The molecule has 0 fully saturated rings. The van der Waals surface area contributed by atoms with Crippen molar-refractivity contribution >= 4 is 12.0 Å². The molecule has 0 atom stereocenters. The van der Waals surface area contributed by atoms with Gasteiger partial charge in [0.1, 0.15) is 0 Å². The monoisotopic (exact) mass is 248 g/mol. The Morgan fingerprint density at radius 3 is 2.06 bits per heavy atom. The summed E-state index contributed by atoms with van der Waals surface area (Å²) < 4.78 is 9.98. The fourth-order valence-electron chi connectivity index (χ4n) is 1.23. The van der Waals surface area contributed by atoms with E-state index in [0.717, 1.165) is 18.6 Å². The average Bonchev–Trinajstić information content (AvgIpc) is 2.32. The summed E-state index contributed by atoms with van der Waals surface area (Å²) >= 11 is 0. The topological polar surface area (TPSA) is 76.0 Å². The predicted molar refractivity (Wildman–Crippen MR) is 66.4 cm³/mol. The predicted octanol–water partition coefficient (Wildman–Crippen LogP) is 2.53. The number of carboxylic acids is 1. The number of carbonyl (C=O) groups is 1. The van der Waals surface area contributed by atoms with Crippen molar-refractivity contribution in [3.63, 3.8) is 0 Å². The summed E-state index contributed by atoms with van der Waals surface area (Å²) in [6.45, 7) is 6.74. The van der Waals surface area contributed by atoms with Gasteiger partial charge < -0.3 is 19.7 Å². The van der Waals surface area contributed by atoms with E-state index in [1.54, 1.807) is 0 Å². The molecule has 5 nitrogen and oxygen atoms in total. The molecule has 1 rings (SSSR count). The van der Waals surface area contributed by atoms with E-state index in [9.17, 15) is 9.90 Å². The van der Waals surface area contributed by atoms with Gasteiger partial charge in [0.05, 0.1) is 12.5 Å². The Bertz CT molecular complexity index is 471. The van der Waals surface area contributed by atoms with Crippen LogP contribution in [0.2, 0.25) is 0 Å². The van der Waals surface area contributed by atoms with Crippen LogP contribution in [0.25, 0.3) is 6.08 Å². The highest BCUT2D eigenvalue weighted by molar-refractivity contribution is 5.85. The number of carboxylic acid groups (broad SMARTS) is 1. The minimum absolute atomic E-state index is 0.106. The van der Waals surface area contributed by atoms with Crippen LogP contribution in [-0.4, -0.2) is 16.2 Å². The lowest BCUT2D eigenvalue weighted by Crippen LogP contribution is -1.90. The molecule has 0 aromatic heterocycles. The summed E-state index contributed by atoms with van der Waals surface area (Å²) in [5.41, 5.74) is 0.490. The van der Waals surface area contributed by atoms with Crippen molar-refractivity contribution in [1.29, 1.82) is 0 Å². The minimum atomic E-state index is -1.08. The third-order valence-corrected chi connectivity index (χ3v) is 1.90. The Kier molecular flexibility index (Phi) is 4.57. The van der Waals surface area contributed by atoms with E-state index < -0.39 is 5.97 Å². The van der Waals surface area contributed by atoms with Gasteiger partial charge >= 0.3 is 5.97 Å². The van der Waals surface area contributed by atoms with Gasteiger partial charge in [0.2, 0.25) is 5.75 Å². The molecule has 1 aromatic carbocycles. The Morgan fingerprint density at radius 1 is 1.17 bits per heavy atom. The molecule has 0 radical (unpaired) electrons. The molecule has 0 saturated carbocycles. The van der Waals surface area contributed by atoms with Crippen LogP contribution in [0.4, 0.5) is 0 Å². The van der Waals surface area contributed by atoms with Gasteiger partial charge in [-0.25, -0.2) is 4.79 Å². The highest BCUT2D eigenvalue weighted by Crippen LogP contribution is 2.38. The maximum Gasteiger partial charge on any atom is 0.328 e. The highest BCUT2D eigenvalue weighted by Gasteiger charge is 2.10. The number of aliphatic carboxylic acids is 1. The number of phenolic OH excluding ortho intramolecular Hbond substituents is 1. The van der Waals surface area contributed by atoms with Gasteiger partial charge in [-0.05, 0) is 23.8 Å². The normalized spacial score (nSPS) is 10.0. The van der Waals surface area contributed by atoms with E-state index in [4.69, 9.17) is 14.6 Å². The Hall–Kier alpha value is -2.69. The minimum Gasteiger partial charge on any atom is -0.502 e. The van der Waals surface area contributed by atoms with Crippen molar-refractivity contribution in [2.75, 3.05) is 0 Å². The zero-order chi connectivity index (χ0) is 13.5. The summed E-state index contributed by atoms with van der Waals surface area (Å²) in [4.78, 5) is 10.4. The molecule has 0 spiro atoms. The molecule has 0 unspecified atom stereocenters. The second-order valence-electron chi connectivity index (χ2n) is 3.11. The zero-order valence-corrected chi connectivity index (χ0v) is 9.50. The lowest BCUT2D eigenvalue weighted by atomic mass is 10.1. The molecule has 0 saturated heterocycles. The molecule has 18 heavy (non-hydrogen) atoms. The molecular formula is C13H12O5. The van der Waals surface area contributed by atoms with Crippen molar-refractivity contribution in [2.45, 2.75) is 0 Å². The van der Waals surface area contributed by atoms with Crippen LogP contribution in [0.15, 0.2) is 43.9 Å². The van der Waals surface area contributed by atoms with Crippen LogP contribution in [0, 0.1) is 0 Å². The van der Waals surface area contributed by atoms with Crippen molar-refractivity contribution < 1.29 is 24.5 Å². The molecule has 0 aliphatic rings. The van der Waals surface area contributed by atoms with E-state index in [-0.39, 0.29) is 17.2 Å². The standard InChI is InChI=1S/C13H12O5/c1-3-17-10-7-9(5-6-12(14)15)8-11(13(10)16)18-4-2/h3-8,16H,1-2H2,(H,14,15)/b6-5+. The Balaban J connectivity index is 3.22. The first-order valence-corrected chi connectivity index (χ1v) is 4.91. The maximum atomic E-state index is 10.4. The SMILES string of the molecule is C=COc1cc(/C=C/C(=O)O)cc(OC=C)c1O. The fourth-order valence-corrected chi connectivity index (χ4v) is 1.23. The Morgan fingerprint density at radius 2 is 1.67 bits per heavy atom. The molecule has 0 bridgehead atoms. The fraction of sp³-hybridized carbons (Fsp3) is 0. The summed E-state index contributed by atoms with van der Waals surface area (Å²) in [5.74, 6) is -1.09. The van der Waals surface area contributed by atoms with E-state index in [0.29, 0.717) is 5.56 Å². The van der Waals surface area contributed by atoms with Gasteiger partial charge in [0.25, 0.3) is 0 Å². The molecule has 94 valence electrons. The van der Waals surface area contributed by atoms with Gasteiger partial charge in [-0.1, -0.05) is 13.2 Å². The molecule has 0 heterocycles. The van der Waals surface area contributed by atoms with Crippen LogP contribution >= 0.6 is 0 Å². The first kappa shape index (κ1) is 13.4. The van der Waals surface area contributed by atoms with Crippen molar-refractivity contribution in [2.24, 2.45) is 0 Å². The van der Waals surface area contributed by atoms with Crippen LogP contribution in [0.3, 0.4) is 0 Å². The smallest absolute Gasteiger partial charge is 0.328 e. The molecule has 0 aliphatic carbocycles. The summed E-state index contributed by atoms with van der Waals surface area (Å²) in [6.07, 6.45) is 4.57. The molecule has 1 aromatic rings. The number of rotatable bonds is 6. The second-order valence-corrected chi connectivity index (χ2v) is 3.11. The number of phenols is 1. The summed E-state index contributed by atoms with van der Waals surface area (Å²) in [5, 5.41) is 18.3. The largest absolute Gasteiger partial charge is 0.502 e. The van der Waals surface area contributed by atoms with Crippen molar-refractivity contribution in [3.8, 4) is 17.2 Å². The number of hydrogen-bond donors (Lipinski definition) is 2. The highest BCUT2D eigenvalue weighted by atomic mass is 16.5. The molecule has 0 aliphatic heterocycles. The average molecular weight is 248 g/mol. The lowest BCUT2D eigenvalue weighted by molar-refractivity contribution is -0.131. The van der Waals surface area contributed by atoms with E-state index in [1.165, 1.54) is 18.2 Å². The van der Waals surface area contributed by atoms with E-state index in [1.807, 2.05) is 0 Å². The number of ether oxygens (including phenoxy) is 2. The zero-order valence-electron chi connectivity index (χ0n) is 9.50. The lowest BCUT2D eigenvalue weighted by Gasteiger charge is -2.09. The van der Waals surface area contributed by atoms with Crippen LogP contribution < -0.4 is 9.47 Å². The number of hydrogen-bond acceptors (Lipinski definition) is 4. The van der Waals surface area contributed by atoms with Crippen LogP contribution in [0.5, 0.6) is 17.2 Å². The molecule has 0 amide bonds. The number of benzene rings is 1. The van der Waals surface area contributed by atoms with Gasteiger partial charge in [-0.15, -0.1) is 0 Å². The number of aromatic hydroxyl groups is 1. The summed E-state index contributed by atoms with van der Waals surface area (Å²) in [7, 11) is 0. The first-order chi connectivity index (χ1) is 8.58. The molecule has 5 heteroatoms. The maximum absolute atomic E-state index is 10.4. The van der Waals surface area contributed by atoms with Crippen LogP contribution in [0.1, 0.15) is 5.56 Å². The third kappa shape index (κ3) is 3.41. The Labute approximate surface area is 104 Å². The van der Waals surface area contributed by atoms with Gasteiger partial charge in [-0.3, -0.25) is 0 Å². The van der Waals surface area contributed by atoms with Crippen molar-refractivity contribution in [1.82, 2.24) is 0 Å². The molecular weight excluding hydrogens is 236 g/mol. The second kappa shape index (κ2) is 6.15. The third-order valence-electron chi connectivity index (χ3n) is 1.90. The van der Waals surface area contributed by atoms with E-state index >= 15 is 0 Å². The van der Waals surface area contributed by atoms with E-state index in [2.05, 4.69) is 13.2 Å². The van der Waals surface area contributed by atoms with Crippen LogP contribution in [-0.2, 0) is 4.79 Å². The quantitative estimate of drug-likeness (QED) is 0.597. The van der Waals surface area contributed by atoms with Gasteiger partial charge in [0, 0.05) is 6.08 Å². The molecule has 2 N–H and O–H groups in total. The van der Waals surface area contributed by atoms with Crippen molar-refractivity contribution in [3.05, 3.63) is 49.5 Å². The first-order valence-electron chi connectivity index (χ1n) is 4.91. The van der Waals surface area contributed by atoms with Gasteiger partial charge in [0.15, 0.2) is 11.5 Å². The summed E-state index contributed by atoms with van der Waals surface area (Å²) in [6, 6.07) is 2.90.